The zero-order chi connectivity index (χ0) is 18.9. The molecule has 0 bridgehead atoms. The van der Waals surface area contributed by atoms with Crippen molar-refractivity contribution in [1.82, 2.24) is 15.2 Å². The number of carbonyl (C=O) groups is 1. The van der Waals surface area contributed by atoms with Crippen molar-refractivity contribution in [3.63, 3.8) is 0 Å². The Morgan fingerprint density at radius 3 is 2.38 bits per heavy atom. The lowest BCUT2D eigenvalue weighted by Crippen LogP contribution is -2.30. The Labute approximate surface area is 161 Å². The van der Waals surface area contributed by atoms with Crippen LogP contribution in [0.15, 0.2) is 29.8 Å². The fraction of sp³-hybridized carbons (Fsp3) is 0.368. The Morgan fingerprint density at radius 1 is 1.15 bits per heavy atom. The summed E-state index contributed by atoms with van der Waals surface area (Å²) in [7, 11) is 0. The fourth-order valence-electron chi connectivity index (χ4n) is 2.55. The lowest BCUT2D eigenvalue weighted by molar-refractivity contribution is 0.0991. The number of aromatic nitrogens is 3. The molecule has 5 nitrogen and oxygen atoms in total. The van der Waals surface area contributed by atoms with E-state index in [4.69, 9.17) is 0 Å². The second-order valence-electron chi connectivity index (χ2n) is 7.03. The number of hydrogen-bond donors (Lipinski definition) is 0. The van der Waals surface area contributed by atoms with Crippen molar-refractivity contribution in [2.75, 3.05) is 11.4 Å². The molecule has 3 rings (SSSR count). The minimum Gasteiger partial charge on any atom is -0.282 e. The molecule has 1 amide bonds. The van der Waals surface area contributed by atoms with Gasteiger partial charge in [-0.2, -0.15) is 0 Å². The van der Waals surface area contributed by atoms with E-state index in [9.17, 15) is 4.79 Å². The number of benzene rings is 1. The fourth-order valence-corrected chi connectivity index (χ4v) is 4.21. The van der Waals surface area contributed by atoms with Crippen molar-refractivity contribution in [3.05, 3.63) is 45.9 Å². The molecule has 0 atom stereocenters. The van der Waals surface area contributed by atoms with Gasteiger partial charge in [0, 0.05) is 12.1 Å². The molecule has 2 heterocycles. The Morgan fingerprint density at radius 2 is 1.85 bits per heavy atom. The quantitative estimate of drug-likeness (QED) is 0.637. The van der Waals surface area contributed by atoms with E-state index in [0.717, 1.165) is 16.3 Å². The van der Waals surface area contributed by atoms with E-state index in [1.54, 1.807) is 10.4 Å². The van der Waals surface area contributed by atoms with Gasteiger partial charge in [-0.05, 0) is 24.8 Å². The first-order valence-corrected chi connectivity index (χ1v) is 10.2. The van der Waals surface area contributed by atoms with Gasteiger partial charge in [-0.3, -0.25) is 9.69 Å². The highest BCUT2D eigenvalue weighted by Gasteiger charge is 2.23. The van der Waals surface area contributed by atoms with Crippen LogP contribution < -0.4 is 4.90 Å². The van der Waals surface area contributed by atoms with Crippen LogP contribution >= 0.6 is 22.7 Å². The highest BCUT2D eigenvalue weighted by atomic mass is 32.1. The summed E-state index contributed by atoms with van der Waals surface area (Å²) in [6, 6.07) is 8.38. The van der Waals surface area contributed by atoms with E-state index < -0.39 is 0 Å². The van der Waals surface area contributed by atoms with Crippen molar-refractivity contribution >= 4 is 33.7 Å². The maximum Gasteiger partial charge on any atom is 0.272 e. The maximum absolute atomic E-state index is 12.8. The highest BCUT2D eigenvalue weighted by Crippen LogP contribution is 2.31. The molecule has 136 valence electrons. The van der Waals surface area contributed by atoms with Crippen LogP contribution in [-0.2, 0) is 5.41 Å². The van der Waals surface area contributed by atoms with Crippen LogP contribution in [-0.4, -0.2) is 27.6 Å². The molecule has 0 N–H and O–H groups in total. The minimum atomic E-state index is -0.0710. The first-order valence-electron chi connectivity index (χ1n) is 8.47. The molecule has 0 unspecified atom stereocenters. The zero-order valence-corrected chi connectivity index (χ0v) is 17.2. The van der Waals surface area contributed by atoms with E-state index in [1.165, 1.54) is 28.2 Å². The maximum atomic E-state index is 12.8. The summed E-state index contributed by atoms with van der Waals surface area (Å²) in [6.45, 7) is 10.9. The molecule has 0 aliphatic rings. The molecular weight excluding hydrogens is 364 g/mol. The van der Waals surface area contributed by atoms with Crippen LogP contribution in [0, 0.1) is 6.92 Å². The van der Waals surface area contributed by atoms with Crippen LogP contribution in [0.3, 0.4) is 0 Å². The first-order chi connectivity index (χ1) is 12.3. The van der Waals surface area contributed by atoms with Gasteiger partial charge in [0.15, 0.2) is 0 Å². The monoisotopic (exact) mass is 386 g/mol. The summed E-state index contributed by atoms with van der Waals surface area (Å²) in [4.78, 5) is 19.3. The van der Waals surface area contributed by atoms with Crippen molar-refractivity contribution in [2.45, 2.75) is 40.0 Å². The predicted octanol–water partition coefficient (Wildman–Crippen LogP) is 4.93. The van der Waals surface area contributed by atoms with E-state index in [1.807, 2.05) is 13.8 Å². The largest absolute Gasteiger partial charge is 0.282 e. The van der Waals surface area contributed by atoms with Gasteiger partial charge >= 0.3 is 0 Å². The third kappa shape index (κ3) is 3.68. The van der Waals surface area contributed by atoms with Crippen LogP contribution in [0.1, 0.15) is 48.6 Å². The van der Waals surface area contributed by atoms with Gasteiger partial charge in [-0.1, -0.05) is 56.4 Å². The molecule has 2 aromatic heterocycles. The molecule has 0 aliphatic carbocycles. The lowest BCUT2D eigenvalue weighted by Gasteiger charge is -2.18. The normalized spacial score (nSPS) is 11.6. The number of carbonyl (C=O) groups excluding carboxylic acids is 1. The van der Waals surface area contributed by atoms with Crippen molar-refractivity contribution in [2.24, 2.45) is 0 Å². The molecule has 0 spiro atoms. The zero-order valence-electron chi connectivity index (χ0n) is 15.6. The van der Waals surface area contributed by atoms with Crippen LogP contribution in [0.5, 0.6) is 0 Å². The number of thiazole rings is 1. The SMILES string of the molecule is CCN(C(=O)c1scnc1C)c1nnc(-c2ccc(C(C)(C)C)cc2)s1. The number of anilines is 1. The van der Waals surface area contributed by atoms with Gasteiger partial charge in [0.2, 0.25) is 5.13 Å². The summed E-state index contributed by atoms with van der Waals surface area (Å²) in [5, 5.41) is 9.97. The van der Waals surface area contributed by atoms with Gasteiger partial charge in [0.05, 0.1) is 11.2 Å². The van der Waals surface area contributed by atoms with Gasteiger partial charge in [-0.25, -0.2) is 4.98 Å². The second-order valence-corrected chi connectivity index (χ2v) is 8.84. The minimum absolute atomic E-state index is 0.0710. The number of rotatable bonds is 4. The lowest BCUT2D eigenvalue weighted by atomic mass is 9.87. The van der Waals surface area contributed by atoms with Gasteiger partial charge < -0.3 is 0 Å². The molecule has 0 fully saturated rings. The topological polar surface area (TPSA) is 59.0 Å². The van der Waals surface area contributed by atoms with Crippen molar-refractivity contribution in [3.8, 4) is 10.6 Å². The summed E-state index contributed by atoms with van der Waals surface area (Å²) in [5.74, 6) is -0.0710. The average molecular weight is 387 g/mol. The number of nitrogens with zero attached hydrogens (tertiary/aromatic N) is 4. The van der Waals surface area contributed by atoms with Gasteiger partial charge in [0.25, 0.3) is 5.91 Å². The molecule has 1 aromatic carbocycles. The van der Waals surface area contributed by atoms with Crippen molar-refractivity contribution < 1.29 is 4.79 Å². The molecule has 0 radical (unpaired) electrons. The van der Waals surface area contributed by atoms with E-state index >= 15 is 0 Å². The van der Waals surface area contributed by atoms with Gasteiger partial charge in [0.1, 0.15) is 9.88 Å². The Bertz CT molecular complexity index is 906. The molecule has 0 aliphatic heterocycles. The third-order valence-corrected chi connectivity index (χ3v) is 6.06. The molecule has 7 heteroatoms. The van der Waals surface area contributed by atoms with Gasteiger partial charge in [-0.15, -0.1) is 21.5 Å². The number of hydrogen-bond acceptors (Lipinski definition) is 6. The molecule has 0 saturated carbocycles. The molecule has 26 heavy (non-hydrogen) atoms. The Balaban J connectivity index is 1.86. The highest BCUT2D eigenvalue weighted by molar-refractivity contribution is 7.18. The molecular formula is C19H22N4OS2. The standard InChI is InChI=1S/C19H22N4OS2/c1-6-23(17(24)15-12(2)20-11-25-15)18-22-21-16(26-18)13-7-9-14(10-8-13)19(3,4)5/h7-11H,6H2,1-5H3. The summed E-state index contributed by atoms with van der Waals surface area (Å²) in [6.07, 6.45) is 0. The summed E-state index contributed by atoms with van der Waals surface area (Å²) >= 11 is 2.79. The number of aryl methyl sites for hydroxylation is 1. The molecule has 3 aromatic rings. The Hall–Kier alpha value is -2.12. The Kier molecular flexibility index (Phi) is 5.20. The summed E-state index contributed by atoms with van der Waals surface area (Å²) in [5.41, 5.74) is 4.85. The third-order valence-electron chi connectivity index (χ3n) is 4.14. The first kappa shape index (κ1) is 18.7. The van der Waals surface area contributed by atoms with E-state index in [2.05, 4.69) is 60.2 Å². The van der Waals surface area contributed by atoms with Crippen LogP contribution in [0.4, 0.5) is 5.13 Å². The smallest absolute Gasteiger partial charge is 0.272 e. The average Bonchev–Trinajstić information content (AvgIpc) is 3.24. The van der Waals surface area contributed by atoms with Crippen molar-refractivity contribution in [1.29, 1.82) is 0 Å². The number of amides is 1. The van der Waals surface area contributed by atoms with Crippen LogP contribution in [0.25, 0.3) is 10.6 Å². The summed E-state index contributed by atoms with van der Waals surface area (Å²) < 4.78 is 0. The van der Waals surface area contributed by atoms with E-state index in [-0.39, 0.29) is 11.3 Å². The van der Waals surface area contributed by atoms with E-state index in [0.29, 0.717) is 16.6 Å². The molecule has 0 saturated heterocycles. The second kappa shape index (κ2) is 7.25. The van der Waals surface area contributed by atoms with Crippen LogP contribution in [0.2, 0.25) is 0 Å². The predicted molar refractivity (Wildman–Crippen MR) is 108 cm³/mol.